The summed E-state index contributed by atoms with van der Waals surface area (Å²) >= 11 is 5.57. The summed E-state index contributed by atoms with van der Waals surface area (Å²) in [7, 11) is 0. The van der Waals surface area contributed by atoms with Crippen LogP contribution < -0.4 is 5.32 Å². The third kappa shape index (κ3) is 4.70. The fraction of sp³-hybridized carbons (Fsp3) is 0.462. The number of benzene rings is 1. The number of ether oxygens (including phenoxy) is 1. The summed E-state index contributed by atoms with van der Waals surface area (Å²) in [4.78, 5) is 14.4. The van der Waals surface area contributed by atoms with Gasteiger partial charge < -0.3 is 10.1 Å². The predicted molar refractivity (Wildman–Crippen MR) is 86.5 cm³/mol. The highest BCUT2D eigenvalue weighted by Gasteiger charge is 2.12. The van der Waals surface area contributed by atoms with Crippen LogP contribution in [0.3, 0.4) is 0 Å². The maximum atomic E-state index is 12.1. The Balaban J connectivity index is 1.82. The Hall–Kier alpha value is -0.180. The van der Waals surface area contributed by atoms with Crippen LogP contribution in [0.1, 0.15) is 10.4 Å². The molecule has 1 amide bonds. The summed E-state index contributed by atoms with van der Waals surface area (Å²) < 4.78 is 7.18. The average Bonchev–Trinajstić information content (AvgIpc) is 2.42. The second kappa shape index (κ2) is 7.56. The molecule has 1 N–H and O–H groups in total. The zero-order chi connectivity index (χ0) is 13.7. The molecule has 1 aromatic rings. The first-order chi connectivity index (χ1) is 9.16. The average molecular weight is 439 g/mol. The zero-order valence-electron chi connectivity index (χ0n) is 10.5. The molecule has 0 spiro atoms. The second-order valence-electron chi connectivity index (χ2n) is 4.33. The lowest BCUT2D eigenvalue weighted by atomic mass is 10.2. The minimum absolute atomic E-state index is 0.0149. The molecule has 0 aromatic heterocycles. The molecule has 104 valence electrons. The molecule has 1 aromatic carbocycles. The number of hydrogen-bond acceptors (Lipinski definition) is 3. The van der Waals surface area contributed by atoms with E-state index in [4.69, 9.17) is 4.74 Å². The summed E-state index contributed by atoms with van der Waals surface area (Å²) in [6, 6.07) is 5.72. The molecular formula is C13H16BrIN2O2. The van der Waals surface area contributed by atoms with Crippen LogP contribution in [0.25, 0.3) is 0 Å². The van der Waals surface area contributed by atoms with Crippen molar-refractivity contribution in [3.05, 3.63) is 31.8 Å². The van der Waals surface area contributed by atoms with Crippen LogP contribution in [0.4, 0.5) is 0 Å². The van der Waals surface area contributed by atoms with Gasteiger partial charge in [0.05, 0.1) is 18.8 Å². The van der Waals surface area contributed by atoms with Crippen LogP contribution in [-0.2, 0) is 4.74 Å². The quantitative estimate of drug-likeness (QED) is 0.732. The van der Waals surface area contributed by atoms with E-state index in [0.717, 1.165) is 46.5 Å². The van der Waals surface area contributed by atoms with Crippen molar-refractivity contribution in [3.8, 4) is 0 Å². The maximum absolute atomic E-state index is 12.1. The van der Waals surface area contributed by atoms with Crippen molar-refractivity contribution in [1.82, 2.24) is 10.2 Å². The monoisotopic (exact) mass is 438 g/mol. The van der Waals surface area contributed by atoms with Gasteiger partial charge in [-0.25, -0.2) is 0 Å². The van der Waals surface area contributed by atoms with Crippen molar-refractivity contribution in [2.24, 2.45) is 0 Å². The van der Waals surface area contributed by atoms with Crippen molar-refractivity contribution in [3.63, 3.8) is 0 Å². The summed E-state index contributed by atoms with van der Waals surface area (Å²) in [5, 5.41) is 2.97. The van der Waals surface area contributed by atoms with Crippen LogP contribution in [0.15, 0.2) is 22.7 Å². The molecule has 1 aliphatic heterocycles. The highest BCUT2D eigenvalue weighted by molar-refractivity contribution is 14.1. The Morgan fingerprint density at radius 2 is 2.16 bits per heavy atom. The fourth-order valence-corrected chi connectivity index (χ4v) is 2.86. The Labute approximate surface area is 135 Å². The number of hydrogen-bond donors (Lipinski definition) is 1. The van der Waals surface area contributed by atoms with Crippen molar-refractivity contribution in [1.29, 1.82) is 0 Å². The Morgan fingerprint density at radius 3 is 2.89 bits per heavy atom. The lowest BCUT2D eigenvalue weighted by molar-refractivity contribution is 0.0383. The van der Waals surface area contributed by atoms with E-state index in [0.29, 0.717) is 6.54 Å². The largest absolute Gasteiger partial charge is 0.379 e. The summed E-state index contributed by atoms with van der Waals surface area (Å²) in [5.74, 6) is -0.0149. The van der Waals surface area contributed by atoms with E-state index in [2.05, 4.69) is 48.7 Å². The van der Waals surface area contributed by atoms with E-state index < -0.39 is 0 Å². The van der Waals surface area contributed by atoms with Gasteiger partial charge in [0.15, 0.2) is 0 Å². The van der Waals surface area contributed by atoms with Gasteiger partial charge in [0.2, 0.25) is 0 Å². The number of amides is 1. The van der Waals surface area contributed by atoms with E-state index in [1.807, 2.05) is 18.2 Å². The number of carbonyl (C=O) groups is 1. The number of halogens is 2. The van der Waals surface area contributed by atoms with Gasteiger partial charge in [-0.1, -0.05) is 15.9 Å². The molecule has 0 atom stereocenters. The van der Waals surface area contributed by atoms with Gasteiger partial charge in [0.25, 0.3) is 5.91 Å². The molecule has 4 nitrogen and oxygen atoms in total. The van der Waals surface area contributed by atoms with Crippen molar-refractivity contribution in [2.75, 3.05) is 39.4 Å². The first kappa shape index (κ1) is 15.2. The van der Waals surface area contributed by atoms with E-state index in [1.54, 1.807) is 0 Å². The molecule has 0 unspecified atom stereocenters. The van der Waals surface area contributed by atoms with E-state index in [-0.39, 0.29) is 5.91 Å². The molecule has 1 fully saturated rings. The molecule has 0 radical (unpaired) electrons. The van der Waals surface area contributed by atoms with Gasteiger partial charge in [0, 0.05) is 34.2 Å². The van der Waals surface area contributed by atoms with Gasteiger partial charge in [-0.2, -0.15) is 0 Å². The van der Waals surface area contributed by atoms with Gasteiger partial charge in [-0.3, -0.25) is 9.69 Å². The summed E-state index contributed by atoms with van der Waals surface area (Å²) in [5.41, 5.74) is 0.719. The molecule has 1 aliphatic rings. The molecule has 0 saturated carbocycles. The summed E-state index contributed by atoms with van der Waals surface area (Å²) in [6.45, 7) is 5.02. The fourth-order valence-electron chi connectivity index (χ4n) is 1.92. The van der Waals surface area contributed by atoms with E-state index in [1.165, 1.54) is 0 Å². The predicted octanol–water partition coefficient (Wildman–Crippen LogP) is 2.12. The highest BCUT2D eigenvalue weighted by Crippen LogP contribution is 2.18. The van der Waals surface area contributed by atoms with Gasteiger partial charge in [0.1, 0.15) is 0 Å². The van der Waals surface area contributed by atoms with Crippen LogP contribution in [0, 0.1) is 3.57 Å². The third-order valence-electron chi connectivity index (χ3n) is 2.99. The lowest BCUT2D eigenvalue weighted by Gasteiger charge is -2.26. The second-order valence-corrected chi connectivity index (χ2v) is 6.41. The van der Waals surface area contributed by atoms with Crippen LogP contribution in [0.5, 0.6) is 0 Å². The van der Waals surface area contributed by atoms with E-state index in [9.17, 15) is 4.79 Å². The number of nitrogens with zero attached hydrogens (tertiary/aromatic N) is 1. The van der Waals surface area contributed by atoms with Gasteiger partial charge in [-0.15, -0.1) is 0 Å². The standard InChI is InChI=1S/C13H16BrIN2O2/c14-10-1-2-12(15)11(9-10)13(18)16-3-4-17-5-7-19-8-6-17/h1-2,9H,3-8H2,(H,16,18). The van der Waals surface area contributed by atoms with Crippen LogP contribution in [0.2, 0.25) is 0 Å². The van der Waals surface area contributed by atoms with Crippen molar-refractivity contribution in [2.45, 2.75) is 0 Å². The lowest BCUT2D eigenvalue weighted by Crippen LogP contribution is -2.41. The smallest absolute Gasteiger partial charge is 0.252 e. The maximum Gasteiger partial charge on any atom is 0.252 e. The third-order valence-corrected chi connectivity index (χ3v) is 4.42. The minimum Gasteiger partial charge on any atom is -0.379 e. The zero-order valence-corrected chi connectivity index (χ0v) is 14.2. The number of nitrogens with one attached hydrogen (secondary N) is 1. The molecule has 1 heterocycles. The Kier molecular flexibility index (Phi) is 6.06. The number of rotatable bonds is 4. The van der Waals surface area contributed by atoms with Gasteiger partial charge >= 0.3 is 0 Å². The SMILES string of the molecule is O=C(NCCN1CCOCC1)c1cc(Br)ccc1I. The molecule has 19 heavy (non-hydrogen) atoms. The topological polar surface area (TPSA) is 41.6 Å². The van der Waals surface area contributed by atoms with Crippen LogP contribution in [-0.4, -0.2) is 50.2 Å². The normalized spacial score (nSPS) is 16.3. The molecule has 2 rings (SSSR count). The molecular weight excluding hydrogens is 423 g/mol. The first-order valence-electron chi connectivity index (χ1n) is 6.20. The molecule has 0 bridgehead atoms. The minimum atomic E-state index is -0.0149. The van der Waals surface area contributed by atoms with Crippen molar-refractivity contribution >= 4 is 44.4 Å². The molecule has 1 saturated heterocycles. The number of morpholine rings is 1. The highest BCUT2D eigenvalue weighted by atomic mass is 127. The summed E-state index contributed by atoms with van der Waals surface area (Å²) in [6.07, 6.45) is 0. The Morgan fingerprint density at radius 1 is 1.42 bits per heavy atom. The van der Waals surface area contributed by atoms with Crippen molar-refractivity contribution < 1.29 is 9.53 Å². The number of carbonyl (C=O) groups excluding carboxylic acids is 1. The Bertz CT molecular complexity index is 450. The van der Waals surface area contributed by atoms with Crippen LogP contribution >= 0.6 is 38.5 Å². The van der Waals surface area contributed by atoms with Gasteiger partial charge in [-0.05, 0) is 40.8 Å². The van der Waals surface area contributed by atoms with E-state index >= 15 is 0 Å². The molecule has 0 aliphatic carbocycles. The first-order valence-corrected chi connectivity index (χ1v) is 8.07. The molecule has 6 heteroatoms.